The van der Waals surface area contributed by atoms with E-state index in [2.05, 4.69) is 0 Å². The molecule has 2 aliphatic heterocycles. The maximum absolute atomic E-state index is 14.6. The maximum Gasteiger partial charge on any atom is 0.330 e. The Bertz CT molecular complexity index is 1420. The Hall–Kier alpha value is -3.82. The van der Waals surface area contributed by atoms with Crippen LogP contribution in [0.4, 0.5) is 10.5 Å². The standard InChI is InChI=1S/C32H36N2O6S/c1-4-33(25-16-11-17-26(18-25)39-20-23-12-7-5-8-13-23)31(38)41(22-35)28-19-27(36)34(28)29(32(41,2)3)30(37)40-21-24-14-9-6-10-15-24/h5-18,28-29,35H,4,19-22H2,1-3H3/t28-,29+/m1/s1. The fourth-order valence-corrected chi connectivity index (χ4v) is 10.2. The molecule has 0 aliphatic carbocycles. The predicted octanol–water partition coefficient (Wildman–Crippen LogP) is 5.43. The van der Waals surface area contributed by atoms with Gasteiger partial charge in [0.15, 0.2) is 0 Å². The Morgan fingerprint density at radius 3 is 2.20 bits per heavy atom. The van der Waals surface area contributed by atoms with E-state index in [1.54, 1.807) is 4.90 Å². The molecule has 0 radical (unpaired) electrons. The molecular formula is C32H36N2O6S. The molecule has 2 saturated heterocycles. The first kappa shape index (κ1) is 28.7. The summed E-state index contributed by atoms with van der Waals surface area (Å²) < 4.78 is 10.7. The van der Waals surface area contributed by atoms with Gasteiger partial charge in [-0.15, -0.1) is 10.0 Å². The Labute approximate surface area is 242 Å². The predicted molar refractivity (Wildman–Crippen MR) is 160 cm³/mol. The Morgan fingerprint density at radius 1 is 0.976 bits per heavy atom. The zero-order chi connectivity index (χ0) is 29.2. The molecule has 0 bridgehead atoms. The van der Waals surface area contributed by atoms with Gasteiger partial charge >= 0.3 is 5.97 Å². The average Bonchev–Trinajstić information content (AvgIpc) is 3.15. The first-order valence-corrected chi connectivity index (χ1v) is 15.6. The number of fused-ring (bicyclic) bond motifs is 1. The number of rotatable bonds is 9. The lowest BCUT2D eigenvalue weighted by Crippen LogP contribution is -2.57. The highest BCUT2D eigenvalue weighted by Crippen LogP contribution is 2.74. The third-order valence-electron chi connectivity index (χ3n) is 8.16. The summed E-state index contributed by atoms with van der Waals surface area (Å²) in [6, 6.07) is 25.5. The van der Waals surface area contributed by atoms with Crippen molar-refractivity contribution in [3.05, 3.63) is 96.1 Å². The van der Waals surface area contributed by atoms with Crippen LogP contribution in [0, 0.1) is 0 Å². The van der Waals surface area contributed by atoms with E-state index >= 15 is 0 Å². The summed E-state index contributed by atoms with van der Waals surface area (Å²) in [5.74, 6) is -0.595. The number of β-lactam (4-membered cyclic amide) rings is 1. The molecule has 5 rings (SSSR count). The van der Waals surface area contributed by atoms with E-state index in [1.807, 2.05) is 106 Å². The van der Waals surface area contributed by atoms with Crippen molar-refractivity contribution < 1.29 is 29.0 Å². The van der Waals surface area contributed by atoms with Gasteiger partial charge in [0.25, 0.3) is 5.24 Å². The molecule has 0 spiro atoms. The molecule has 2 amide bonds. The molecular weight excluding hydrogens is 540 g/mol. The second-order valence-corrected chi connectivity index (χ2v) is 14.6. The van der Waals surface area contributed by atoms with Crippen LogP contribution in [-0.4, -0.2) is 55.8 Å². The Balaban J connectivity index is 1.41. The zero-order valence-corrected chi connectivity index (χ0v) is 24.4. The molecule has 2 aliphatic rings. The van der Waals surface area contributed by atoms with Crippen LogP contribution in [0.25, 0.3) is 0 Å². The largest absolute Gasteiger partial charge is 0.489 e. The number of hydrogen-bond donors (Lipinski definition) is 1. The van der Waals surface area contributed by atoms with Crippen molar-refractivity contribution in [2.45, 2.75) is 56.6 Å². The van der Waals surface area contributed by atoms with Crippen LogP contribution in [0.3, 0.4) is 0 Å². The number of ether oxygens (including phenoxy) is 2. The SMILES string of the molecule is CCN(C(=O)[S@]1(CO)[C@@H]2CC(=O)N2[C@@H](C(=O)OCc2ccccc2)C1(C)C)c1cccc(OCc2ccccc2)c1. The average molecular weight is 577 g/mol. The normalized spacial score (nSPS) is 22.4. The van der Waals surface area contributed by atoms with E-state index in [1.165, 1.54) is 4.90 Å². The van der Waals surface area contributed by atoms with E-state index in [-0.39, 0.29) is 24.2 Å². The number of anilines is 1. The van der Waals surface area contributed by atoms with Gasteiger partial charge in [-0.2, -0.15) is 0 Å². The molecule has 0 saturated carbocycles. The molecule has 9 heteroatoms. The first-order valence-electron chi connectivity index (χ1n) is 13.7. The number of aliphatic hydroxyl groups excluding tert-OH is 1. The summed E-state index contributed by atoms with van der Waals surface area (Å²) in [4.78, 5) is 44.1. The van der Waals surface area contributed by atoms with Crippen LogP contribution in [0.5, 0.6) is 5.75 Å². The number of carbonyl (C=O) groups is 3. The molecule has 3 aromatic rings. The van der Waals surface area contributed by atoms with Crippen molar-refractivity contribution in [2.75, 3.05) is 17.4 Å². The lowest BCUT2D eigenvalue weighted by molar-refractivity contribution is -0.162. The summed E-state index contributed by atoms with van der Waals surface area (Å²) in [6.45, 7) is 6.28. The van der Waals surface area contributed by atoms with Gasteiger partial charge < -0.3 is 24.4 Å². The molecule has 0 unspecified atom stereocenters. The molecule has 0 aromatic heterocycles. The molecule has 2 fully saturated rings. The van der Waals surface area contributed by atoms with Crippen molar-refractivity contribution in [1.82, 2.24) is 4.90 Å². The van der Waals surface area contributed by atoms with Crippen molar-refractivity contribution in [2.24, 2.45) is 0 Å². The van der Waals surface area contributed by atoms with Gasteiger partial charge in [0.1, 0.15) is 25.0 Å². The van der Waals surface area contributed by atoms with Gasteiger partial charge in [0.2, 0.25) is 5.91 Å². The summed E-state index contributed by atoms with van der Waals surface area (Å²) in [5.41, 5.74) is 2.48. The quantitative estimate of drug-likeness (QED) is 0.270. The fraction of sp³-hybridized carbons (Fsp3) is 0.344. The van der Waals surface area contributed by atoms with Gasteiger partial charge in [-0.3, -0.25) is 9.59 Å². The van der Waals surface area contributed by atoms with Crippen molar-refractivity contribution in [3.8, 4) is 5.75 Å². The van der Waals surface area contributed by atoms with Gasteiger partial charge in [-0.05, 0) is 44.0 Å². The minimum Gasteiger partial charge on any atom is -0.489 e. The highest BCUT2D eigenvalue weighted by molar-refractivity contribution is 8.46. The van der Waals surface area contributed by atoms with Gasteiger partial charge in [-0.25, -0.2) is 4.79 Å². The molecule has 216 valence electrons. The van der Waals surface area contributed by atoms with Crippen molar-refractivity contribution in [1.29, 1.82) is 0 Å². The highest BCUT2D eigenvalue weighted by atomic mass is 32.3. The lowest BCUT2D eigenvalue weighted by atomic mass is 9.98. The third-order valence-corrected chi connectivity index (χ3v) is 12.8. The molecule has 41 heavy (non-hydrogen) atoms. The monoisotopic (exact) mass is 576 g/mol. The minimum absolute atomic E-state index is 0.0607. The maximum atomic E-state index is 14.6. The first-order chi connectivity index (χ1) is 19.7. The molecule has 1 N–H and O–H groups in total. The van der Waals surface area contributed by atoms with Gasteiger partial charge in [-0.1, -0.05) is 66.7 Å². The van der Waals surface area contributed by atoms with E-state index in [0.717, 1.165) is 11.1 Å². The second kappa shape index (κ2) is 11.6. The summed E-state index contributed by atoms with van der Waals surface area (Å²) in [5, 5.41) is 10.2. The number of benzene rings is 3. The summed E-state index contributed by atoms with van der Waals surface area (Å²) >= 11 is 0. The van der Waals surface area contributed by atoms with Crippen LogP contribution in [-0.2, 0) is 27.5 Å². The number of nitrogens with zero attached hydrogens (tertiary/aromatic N) is 2. The van der Waals surface area contributed by atoms with Crippen LogP contribution in [0.1, 0.15) is 38.3 Å². The second-order valence-electron chi connectivity index (χ2n) is 10.8. The highest BCUT2D eigenvalue weighted by Gasteiger charge is 2.72. The molecule has 8 nitrogen and oxygen atoms in total. The topological polar surface area (TPSA) is 96.4 Å². The van der Waals surface area contributed by atoms with Crippen molar-refractivity contribution in [3.63, 3.8) is 0 Å². The summed E-state index contributed by atoms with van der Waals surface area (Å²) in [6.07, 6.45) is 0.116. The summed E-state index contributed by atoms with van der Waals surface area (Å²) in [7, 11) is -2.63. The smallest absolute Gasteiger partial charge is 0.330 e. The number of amides is 2. The van der Waals surface area contributed by atoms with Gasteiger partial charge in [0, 0.05) is 23.0 Å². The Morgan fingerprint density at radius 2 is 1.61 bits per heavy atom. The zero-order valence-electron chi connectivity index (χ0n) is 23.6. The minimum atomic E-state index is -2.63. The number of carbonyl (C=O) groups excluding carboxylic acids is 3. The van der Waals surface area contributed by atoms with Crippen molar-refractivity contribution >= 4 is 32.8 Å². The fourth-order valence-electron chi connectivity index (χ4n) is 5.88. The molecule has 3 atom stereocenters. The molecule has 2 heterocycles. The van der Waals surface area contributed by atoms with Crippen LogP contribution in [0.15, 0.2) is 84.9 Å². The van der Waals surface area contributed by atoms with E-state index in [4.69, 9.17) is 9.47 Å². The molecule has 3 aromatic carbocycles. The van der Waals surface area contributed by atoms with E-state index in [9.17, 15) is 19.5 Å². The number of hydrogen-bond acceptors (Lipinski definition) is 6. The van der Waals surface area contributed by atoms with Crippen LogP contribution >= 0.6 is 10.0 Å². The van der Waals surface area contributed by atoms with Gasteiger partial charge in [0.05, 0.1) is 17.7 Å². The number of aliphatic hydroxyl groups is 1. The number of esters is 1. The Kier molecular flexibility index (Phi) is 8.11. The van der Waals surface area contributed by atoms with E-state index in [0.29, 0.717) is 24.6 Å². The lowest BCUT2D eigenvalue weighted by Gasteiger charge is -2.50. The van der Waals surface area contributed by atoms with E-state index < -0.39 is 38.1 Å². The van der Waals surface area contributed by atoms with Crippen LogP contribution < -0.4 is 9.64 Å². The third kappa shape index (κ3) is 4.97. The van der Waals surface area contributed by atoms with Crippen LogP contribution in [0.2, 0.25) is 0 Å².